The highest BCUT2D eigenvalue weighted by atomic mass is 16.5. The Hall–Kier alpha value is -2.14. The highest BCUT2D eigenvalue weighted by Crippen LogP contribution is 2.24. The molecule has 1 aromatic heterocycles. The van der Waals surface area contributed by atoms with Gasteiger partial charge in [0.1, 0.15) is 24.4 Å². The third-order valence-electron chi connectivity index (χ3n) is 2.89. The van der Waals surface area contributed by atoms with Gasteiger partial charge in [0, 0.05) is 18.3 Å². The lowest BCUT2D eigenvalue weighted by molar-refractivity contribution is 0.00841. The van der Waals surface area contributed by atoms with Gasteiger partial charge in [0.05, 0.1) is 5.60 Å². The maximum atomic E-state index is 9.92. The van der Waals surface area contributed by atoms with Crippen molar-refractivity contribution in [2.75, 3.05) is 6.61 Å². The van der Waals surface area contributed by atoms with Crippen LogP contribution in [0.5, 0.6) is 17.4 Å². The van der Waals surface area contributed by atoms with Crippen LogP contribution in [0.4, 0.5) is 0 Å². The standard InChI is InChI=1S/C15H18N2O3/c1-3-15(2,18)10-19-12-5-4-6-13(9-12)20-14-7-8-16-11-17-14/h4-9,11,18H,3,10H2,1-2H3. The number of aliphatic hydroxyl groups is 1. The summed E-state index contributed by atoms with van der Waals surface area (Å²) in [5.74, 6) is 1.74. The summed E-state index contributed by atoms with van der Waals surface area (Å²) in [4.78, 5) is 7.81. The van der Waals surface area contributed by atoms with Crippen LogP contribution in [-0.2, 0) is 0 Å². The summed E-state index contributed by atoms with van der Waals surface area (Å²) < 4.78 is 11.2. The van der Waals surface area contributed by atoms with Crippen molar-refractivity contribution in [3.63, 3.8) is 0 Å². The van der Waals surface area contributed by atoms with Crippen LogP contribution >= 0.6 is 0 Å². The van der Waals surface area contributed by atoms with Crippen molar-refractivity contribution in [1.29, 1.82) is 0 Å². The summed E-state index contributed by atoms with van der Waals surface area (Å²) in [6.07, 6.45) is 3.67. The number of hydrogen-bond donors (Lipinski definition) is 1. The van der Waals surface area contributed by atoms with Gasteiger partial charge in [-0.05, 0) is 25.5 Å². The fourth-order valence-corrected chi connectivity index (χ4v) is 1.43. The van der Waals surface area contributed by atoms with Crippen molar-refractivity contribution in [1.82, 2.24) is 9.97 Å². The van der Waals surface area contributed by atoms with E-state index in [1.54, 1.807) is 25.3 Å². The molecule has 106 valence electrons. The summed E-state index contributed by atoms with van der Waals surface area (Å²) in [6.45, 7) is 3.90. The Balaban J connectivity index is 2.01. The first-order valence-electron chi connectivity index (χ1n) is 6.48. The molecule has 0 amide bonds. The molecule has 2 aromatic rings. The van der Waals surface area contributed by atoms with Crippen LogP contribution in [0.1, 0.15) is 20.3 Å². The SMILES string of the molecule is CCC(C)(O)COc1cccc(Oc2ccncn2)c1. The summed E-state index contributed by atoms with van der Waals surface area (Å²) >= 11 is 0. The number of ether oxygens (including phenoxy) is 2. The minimum absolute atomic E-state index is 0.237. The third kappa shape index (κ3) is 4.20. The van der Waals surface area contributed by atoms with E-state index in [0.29, 0.717) is 23.8 Å². The van der Waals surface area contributed by atoms with Crippen LogP contribution in [-0.4, -0.2) is 27.3 Å². The Bertz CT molecular complexity index is 544. The number of aromatic nitrogens is 2. The molecule has 20 heavy (non-hydrogen) atoms. The van der Waals surface area contributed by atoms with Crippen molar-refractivity contribution in [2.45, 2.75) is 25.9 Å². The average molecular weight is 274 g/mol. The second-order valence-corrected chi connectivity index (χ2v) is 4.76. The van der Waals surface area contributed by atoms with Crippen LogP contribution in [0.25, 0.3) is 0 Å². The van der Waals surface area contributed by atoms with E-state index >= 15 is 0 Å². The highest BCUT2D eigenvalue weighted by molar-refractivity contribution is 5.35. The fourth-order valence-electron chi connectivity index (χ4n) is 1.43. The molecular formula is C15H18N2O3. The Morgan fingerprint density at radius 1 is 1.25 bits per heavy atom. The van der Waals surface area contributed by atoms with Gasteiger partial charge in [0.15, 0.2) is 0 Å². The molecule has 0 spiro atoms. The smallest absolute Gasteiger partial charge is 0.222 e. The van der Waals surface area contributed by atoms with E-state index in [9.17, 15) is 5.11 Å². The van der Waals surface area contributed by atoms with Crippen LogP contribution in [0.2, 0.25) is 0 Å². The zero-order valence-electron chi connectivity index (χ0n) is 11.6. The second-order valence-electron chi connectivity index (χ2n) is 4.76. The zero-order chi connectivity index (χ0) is 14.4. The molecule has 0 radical (unpaired) electrons. The third-order valence-corrected chi connectivity index (χ3v) is 2.89. The Morgan fingerprint density at radius 3 is 2.75 bits per heavy atom. The molecule has 0 aliphatic carbocycles. The molecule has 0 aliphatic heterocycles. The van der Waals surface area contributed by atoms with E-state index in [2.05, 4.69) is 9.97 Å². The van der Waals surface area contributed by atoms with E-state index in [4.69, 9.17) is 9.47 Å². The molecule has 1 unspecified atom stereocenters. The number of hydrogen-bond acceptors (Lipinski definition) is 5. The first kappa shape index (κ1) is 14.3. The first-order chi connectivity index (χ1) is 9.59. The molecule has 5 nitrogen and oxygen atoms in total. The topological polar surface area (TPSA) is 64.5 Å². The summed E-state index contributed by atoms with van der Waals surface area (Å²) in [5, 5.41) is 9.92. The molecule has 2 rings (SSSR count). The molecule has 5 heteroatoms. The van der Waals surface area contributed by atoms with Crippen molar-refractivity contribution >= 4 is 0 Å². The quantitative estimate of drug-likeness (QED) is 0.877. The van der Waals surface area contributed by atoms with Gasteiger partial charge >= 0.3 is 0 Å². The van der Waals surface area contributed by atoms with Crippen molar-refractivity contribution in [2.24, 2.45) is 0 Å². The van der Waals surface area contributed by atoms with Gasteiger partial charge in [-0.1, -0.05) is 13.0 Å². The van der Waals surface area contributed by atoms with Crippen LogP contribution < -0.4 is 9.47 Å². The molecule has 0 fully saturated rings. The normalized spacial score (nSPS) is 13.6. The molecule has 0 saturated carbocycles. The Kier molecular flexibility index (Phi) is 4.53. The van der Waals surface area contributed by atoms with Crippen LogP contribution in [0.15, 0.2) is 42.9 Å². The monoisotopic (exact) mass is 274 g/mol. The molecule has 0 bridgehead atoms. The molecule has 1 heterocycles. The van der Waals surface area contributed by atoms with E-state index in [-0.39, 0.29) is 6.61 Å². The van der Waals surface area contributed by atoms with Gasteiger partial charge in [0.25, 0.3) is 0 Å². The lowest BCUT2D eigenvalue weighted by Gasteiger charge is -2.21. The van der Waals surface area contributed by atoms with E-state index in [0.717, 1.165) is 0 Å². The predicted molar refractivity (Wildman–Crippen MR) is 75.0 cm³/mol. The maximum absolute atomic E-state index is 9.92. The van der Waals surface area contributed by atoms with Crippen molar-refractivity contribution in [3.8, 4) is 17.4 Å². The molecule has 1 atom stereocenters. The van der Waals surface area contributed by atoms with Gasteiger partial charge < -0.3 is 14.6 Å². The lowest BCUT2D eigenvalue weighted by atomic mass is 10.1. The molecule has 0 aliphatic rings. The molecule has 0 saturated heterocycles. The minimum atomic E-state index is -0.830. The fraction of sp³-hybridized carbons (Fsp3) is 0.333. The molecular weight excluding hydrogens is 256 g/mol. The second kappa shape index (κ2) is 6.34. The van der Waals surface area contributed by atoms with Gasteiger partial charge in [-0.3, -0.25) is 0 Å². The summed E-state index contributed by atoms with van der Waals surface area (Å²) in [6, 6.07) is 8.89. The number of benzene rings is 1. The van der Waals surface area contributed by atoms with Crippen LogP contribution in [0, 0.1) is 0 Å². The number of nitrogens with zero attached hydrogens (tertiary/aromatic N) is 2. The lowest BCUT2D eigenvalue weighted by Crippen LogP contribution is -2.31. The minimum Gasteiger partial charge on any atom is -0.490 e. The summed E-state index contributed by atoms with van der Waals surface area (Å²) in [7, 11) is 0. The molecule has 1 aromatic carbocycles. The highest BCUT2D eigenvalue weighted by Gasteiger charge is 2.18. The van der Waals surface area contributed by atoms with E-state index in [1.807, 2.05) is 25.1 Å². The largest absolute Gasteiger partial charge is 0.490 e. The van der Waals surface area contributed by atoms with Gasteiger partial charge in [0.2, 0.25) is 5.88 Å². The van der Waals surface area contributed by atoms with E-state index in [1.165, 1.54) is 6.33 Å². The predicted octanol–water partition coefficient (Wildman–Crippen LogP) is 2.81. The van der Waals surface area contributed by atoms with Crippen molar-refractivity contribution < 1.29 is 14.6 Å². The Morgan fingerprint density at radius 2 is 2.05 bits per heavy atom. The maximum Gasteiger partial charge on any atom is 0.222 e. The summed E-state index contributed by atoms with van der Waals surface area (Å²) in [5.41, 5.74) is -0.830. The molecule has 1 N–H and O–H groups in total. The first-order valence-corrected chi connectivity index (χ1v) is 6.48. The van der Waals surface area contributed by atoms with Crippen LogP contribution in [0.3, 0.4) is 0 Å². The van der Waals surface area contributed by atoms with Gasteiger partial charge in [-0.2, -0.15) is 0 Å². The van der Waals surface area contributed by atoms with Gasteiger partial charge in [-0.25, -0.2) is 9.97 Å². The number of rotatable bonds is 6. The Labute approximate surface area is 118 Å². The van der Waals surface area contributed by atoms with E-state index < -0.39 is 5.60 Å². The average Bonchev–Trinajstić information content (AvgIpc) is 2.47. The van der Waals surface area contributed by atoms with Crippen molar-refractivity contribution in [3.05, 3.63) is 42.9 Å². The zero-order valence-corrected chi connectivity index (χ0v) is 11.6. The van der Waals surface area contributed by atoms with Gasteiger partial charge in [-0.15, -0.1) is 0 Å².